The molecule has 0 bridgehead atoms. The van der Waals surface area contributed by atoms with Crippen LogP contribution in [-0.4, -0.2) is 28.9 Å². The third-order valence-corrected chi connectivity index (χ3v) is 4.32. The van der Waals surface area contributed by atoms with Gasteiger partial charge in [0.2, 0.25) is 0 Å². The molecule has 0 radical (unpaired) electrons. The van der Waals surface area contributed by atoms with Crippen molar-refractivity contribution in [3.8, 4) is 0 Å². The van der Waals surface area contributed by atoms with Gasteiger partial charge in [-0.25, -0.2) is 0 Å². The molecule has 1 amide bonds. The Morgan fingerprint density at radius 2 is 2.14 bits per heavy atom. The average Bonchev–Trinajstić information content (AvgIpc) is 3.01. The number of carbonyl (C=O) groups excluding carboxylic acids is 1. The highest BCUT2D eigenvalue weighted by atomic mass is 16.2. The van der Waals surface area contributed by atoms with Crippen molar-refractivity contribution in [2.24, 2.45) is 0 Å². The molecule has 1 N–H and O–H groups in total. The molecular weight excluding hydrogens is 262 g/mol. The van der Waals surface area contributed by atoms with Crippen LogP contribution in [0.2, 0.25) is 0 Å². The Kier molecular flexibility index (Phi) is 2.88. The standard InChI is InChI=1S/C17H17N3O/c21-17(13-4-3-12-5-8-19-16(12)10-13)20-9-6-15-14(11-20)2-1-7-18-15/h1-4,7,10,19H,5-6,8-9,11H2. The first-order valence-electron chi connectivity index (χ1n) is 7.40. The zero-order chi connectivity index (χ0) is 14.2. The summed E-state index contributed by atoms with van der Waals surface area (Å²) in [4.78, 5) is 19.0. The smallest absolute Gasteiger partial charge is 0.254 e. The molecule has 2 aliphatic heterocycles. The van der Waals surface area contributed by atoms with Crippen LogP contribution in [0, 0.1) is 0 Å². The van der Waals surface area contributed by atoms with E-state index < -0.39 is 0 Å². The van der Waals surface area contributed by atoms with Crippen molar-refractivity contribution in [2.45, 2.75) is 19.4 Å². The molecule has 0 fully saturated rings. The van der Waals surface area contributed by atoms with Gasteiger partial charge < -0.3 is 10.2 Å². The van der Waals surface area contributed by atoms with E-state index in [1.54, 1.807) is 0 Å². The summed E-state index contributed by atoms with van der Waals surface area (Å²) in [7, 11) is 0. The minimum Gasteiger partial charge on any atom is -0.384 e. The van der Waals surface area contributed by atoms with Gasteiger partial charge in [0, 0.05) is 49.2 Å². The number of nitrogens with zero attached hydrogens (tertiary/aromatic N) is 2. The number of amides is 1. The fourth-order valence-electron chi connectivity index (χ4n) is 3.15. The molecule has 106 valence electrons. The van der Waals surface area contributed by atoms with Crippen LogP contribution in [0.4, 0.5) is 5.69 Å². The summed E-state index contributed by atoms with van der Waals surface area (Å²) in [6.07, 6.45) is 3.71. The summed E-state index contributed by atoms with van der Waals surface area (Å²) in [6.45, 7) is 2.37. The number of rotatable bonds is 1. The van der Waals surface area contributed by atoms with Crippen LogP contribution in [-0.2, 0) is 19.4 Å². The third-order valence-electron chi connectivity index (χ3n) is 4.32. The lowest BCUT2D eigenvalue weighted by atomic mass is 10.0. The number of hydrogen-bond acceptors (Lipinski definition) is 3. The molecule has 0 spiro atoms. The molecule has 0 unspecified atom stereocenters. The molecule has 2 aliphatic rings. The molecule has 4 heteroatoms. The Bertz CT molecular complexity index is 711. The van der Waals surface area contributed by atoms with Gasteiger partial charge in [-0.05, 0) is 35.7 Å². The van der Waals surface area contributed by atoms with Crippen LogP contribution in [0.5, 0.6) is 0 Å². The van der Waals surface area contributed by atoms with Gasteiger partial charge in [-0.1, -0.05) is 12.1 Å². The Morgan fingerprint density at radius 3 is 3.10 bits per heavy atom. The summed E-state index contributed by atoms with van der Waals surface area (Å²) in [5.74, 6) is 0.112. The molecule has 0 atom stereocenters. The fourth-order valence-corrected chi connectivity index (χ4v) is 3.15. The van der Waals surface area contributed by atoms with Gasteiger partial charge in [-0.15, -0.1) is 0 Å². The van der Waals surface area contributed by atoms with E-state index in [0.717, 1.165) is 48.4 Å². The first-order valence-corrected chi connectivity index (χ1v) is 7.40. The molecule has 0 saturated heterocycles. The number of benzene rings is 1. The number of fused-ring (bicyclic) bond motifs is 2. The largest absolute Gasteiger partial charge is 0.384 e. The van der Waals surface area contributed by atoms with Crippen molar-refractivity contribution in [3.05, 3.63) is 58.9 Å². The Labute approximate surface area is 123 Å². The summed E-state index contributed by atoms with van der Waals surface area (Å²) < 4.78 is 0. The molecule has 2 aromatic rings. The minimum absolute atomic E-state index is 0.112. The van der Waals surface area contributed by atoms with Crippen molar-refractivity contribution >= 4 is 11.6 Å². The molecule has 1 aromatic heterocycles. The molecule has 21 heavy (non-hydrogen) atoms. The van der Waals surface area contributed by atoms with Crippen molar-refractivity contribution in [1.29, 1.82) is 0 Å². The second kappa shape index (κ2) is 4.88. The predicted octanol–water partition coefficient (Wildman–Crippen LogP) is 2.25. The van der Waals surface area contributed by atoms with Crippen LogP contribution < -0.4 is 5.32 Å². The van der Waals surface area contributed by atoms with Crippen molar-refractivity contribution in [2.75, 3.05) is 18.4 Å². The zero-order valence-electron chi connectivity index (χ0n) is 11.8. The SMILES string of the molecule is O=C(c1ccc2c(c1)NCC2)N1CCc2ncccc2C1. The van der Waals surface area contributed by atoms with E-state index in [9.17, 15) is 4.79 Å². The second-order valence-electron chi connectivity index (χ2n) is 5.63. The van der Waals surface area contributed by atoms with Gasteiger partial charge in [0.15, 0.2) is 0 Å². The van der Waals surface area contributed by atoms with E-state index in [1.165, 1.54) is 5.56 Å². The van der Waals surface area contributed by atoms with Crippen molar-refractivity contribution < 1.29 is 4.79 Å². The van der Waals surface area contributed by atoms with Crippen LogP contribution >= 0.6 is 0 Å². The number of aromatic nitrogens is 1. The van der Waals surface area contributed by atoms with Crippen LogP contribution in [0.1, 0.15) is 27.2 Å². The average molecular weight is 279 g/mol. The van der Waals surface area contributed by atoms with E-state index in [4.69, 9.17) is 0 Å². The molecule has 0 aliphatic carbocycles. The summed E-state index contributed by atoms with van der Waals surface area (Å²) >= 11 is 0. The lowest BCUT2D eigenvalue weighted by Gasteiger charge is -2.28. The van der Waals surface area contributed by atoms with Gasteiger partial charge in [-0.3, -0.25) is 9.78 Å². The minimum atomic E-state index is 0.112. The van der Waals surface area contributed by atoms with Gasteiger partial charge in [-0.2, -0.15) is 0 Å². The highest BCUT2D eigenvalue weighted by Gasteiger charge is 2.23. The number of carbonyl (C=O) groups is 1. The van der Waals surface area contributed by atoms with Gasteiger partial charge in [0.1, 0.15) is 0 Å². The van der Waals surface area contributed by atoms with E-state index in [-0.39, 0.29) is 5.91 Å². The predicted molar refractivity (Wildman–Crippen MR) is 81.3 cm³/mol. The van der Waals surface area contributed by atoms with Crippen LogP contribution in [0.25, 0.3) is 0 Å². The first-order chi connectivity index (χ1) is 10.3. The Balaban J connectivity index is 1.59. The quantitative estimate of drug-likeness (QED) is 0.871. The van der Waals surface area contributed by atoms with Gasteiger partial charge in [0.05, 0.1) is 0 Å². The normalized spacial score (nSPS) is 16.1. The molecule has 0 saturated carbocycles. The lowest BCUT2D eigenvalue weighted by molar-refractivity contribution is 0.0733. The Hall–Kier alpha value is -2.36. The summed E-state index contributed by atoms with van der Waals surface area (Å²) in [5, 5.41) is 3.33. The fraction of sp³-hybridized carbons (Fsp3) is 0.294. The third kappa shape index (κ3) is 2.17. The van der Waals surface area contributed by atoms with Crippen LogP contribution in [0.15, 0.2) is 36.5 Å². The number of nitrogens with one attached hydrogen (secondary N) is 1. The zero-order valence-corrected chi connectivity index (χ0v) is 11.8. The molecular formula is C17H17N3O. The van der Waals surface area contributed by atoms with Crippen LogP contribution in [0.3, 0.4) is 0 Å². The second-order valence-corrected chi connectivity index (χ2v) is 5.63. The van der Waals surface area contributed by atoms with E-state index in [0.29, 0.717) is 6.54 Å². The number of pyridine rings is 1. The molecule has 1 aromatic carbocycles. The number of anilines is 1. The summed E-state index contributed by atoms with van der Waals surface area (Å²) in [6, 6.07) is 10.0. The highest BCUT2D eigenvalue weighted by molar-refractivity contribution is 5.95. The first kappa shape index (κ1) is 12.4. The van der Waals surface area contributed by atoms with E-state index in [1.807, 2.05) is 29.3 Å². The molecule has 4 nitrogen and oxygen atoms in total. The molecule has 3 heterocycles. The maximum absolute atomic E-state index is 12.7. The summed E-state index contributed by atoms with van der Waals surface area (Å²) in [5.41, 5.74) is 5.48. The maximum atomic E-state index is 12.7. The monoisotopic (exact) mass is 279 g/mol. The van der Waals surface area contributed by atoms with E-state index >= 15 is 0 Å². The number of hydrogen-bond donors (Lipinski definition) is 1. The van der Waals surface area contributed by atoms with E-state index in [2.05, 4.69) is 22.4 Å². The maximum Gasteiger partial charge on any atom is 0.254 e. The van der Waals surface area contributed by atoms with Crippen molar-refractivity contribution in [3.63, 3.8) is 0 Å². The highest BCUT2D eigenvalue weighted by Crippen LogP contribution is 2.25. The topological polar surface area (TPSA) is 45.2 Å². The lowest BCUT2D eigenvalue weighted by Crippen LogP contribution is -2.36. The van der Waals surface area contributed by atoms with Gasteiger partial charge in [0.25, 0.3) is 5.91 Å². The van der Waals surface area contributed by atoms with Crippen molar-refractivity contribution in [1.82, 2.24) is 9.88 Å². The Morgan fingerprint density at radius 1 is 1.19 bits per heavy atom. The molecule has 4 rings (SSSR count). The van der Waals surface area contributed by atoms with Gasteiger partial charge >= 0.3 is 0 Å².